The fourth-order valence-corrected chi connectivity index (χ4v) is 4.94. The van der Waals surface area contributed by atoms with Crippen LogP contribution in [0.1, 0.15) is 29.8 Å². The van der Waals surface area contributed by atoms with Crippen molar-refractivity contribution in [1.29, 1.82) is 0 Å². The highest BCUT2D eigenvalue weighted by Crippen LogP contribution is 2.45. The van der Waals surface area contributed by atoms with Crippen molar-refractivity contribution in [2.45, 2.75) is 43.9 Å². The van der Waals surface area contributed by atoms with Crippen molar-refractivity contribution in [2.75, 3.05) is 18.6 Å². The number of nitrogens with one attached hydrogen (secondary N) is 1. The quantitative estimate of drug-likeness (QED) is 0.270. The number of benzene rings is 3. The van der Waals surface area contributed by atoms with Gasteiger partial charge in [-0.1, -0.05) is 48.5 Å². The van der Waals surface area contributed by atoms with E-state index in [1.165, 1.54) is 4.90 Å². The molecule has 2 amide bonds. The van der Waals surface area contributed by atoms with Crippen LogP contribution in [0.5, 0.6) is 5.75 Å². The summed E-state index contributed by atoms with van der Waals surface area (Å²) in [5.74, 6) is -2.56. The molecular formula is C30H30N2O7. The van der Waals surface area contributed by atoms with Crippen molar-refractivity contribution >= 4 is 23.5 Å². The summed E-state index contributed by atoms with van der Waals surface area (Å²) in [6.07, 6.45) is -0.758. The lowest BCUT2D eigenvalue weighted by molar-refractivity contribution is -0.181. The van der Waals surface area contributed by atoms with Crippen LogP contribution in [0, 0.1) is 0 Å². The standard InChI is InChI=1S/C30H30N2O7/c1-29(2)37-19-24(38-29)25-30(39-26(33)21-12-8-5-9-13-21,27(34)31-18-20-10-6-4-7-11-20)28(35)32(25)22-14-16-23(36-3)17-15-22/h4-17,24-25H,18-19H2,1-3H3,(H,31,34)/t24-,25+,30+/m1/s1. The van der Waals surface area contributed by atoms with Gasteiger partial charge >= 0.3 is 5.97 Å². The normalized spacial score (nSPS) is 23.6. The van der Waals surface area contributed by atoms with Crippen molar-refractivity contribution in [1.82, 2.24) is 5.32 Å². The predicted octanol–water partition coefficient (Wildman–Crippen LogP) is 3.47. The number of β-lactam (4-membered cyclic amide) rings is 1. The molecular weight excluding hydrogens is 500 g/mol. The third-order valence-corrected chi connectivity index (χ3v) is 6.86. The molecule has 0 unspecified atom stereocenters. The van der Waals surface area contributed by atoms with Gasteiger partial charge in [-0.05, 0) is 55.8 Å². The first-order valence-electron chi connectivity index (χ1n) is 12.7. The fraction of sp³-hybridized carbons (Fsp3) is 0.300. The minimum atomic E-state index is -2.18. The van der Waals surface area contributed by atoms with Gasteiger partial charge in [0.15, 0.2) is 5.79 Å². The second-order valence-electron chi connectivity index (χ2n) is 9.84. The Hall–Kier alpha value is -4.21. The van der Waals surface area contributed by atoms with Gasteiger partial charge in [-0.15, -0.1) is 0 Å². The third-order valence-electron chi connectivity index (χ3n) is 6.86. The lowest BCUT2D eigenvalue weighted by atomic mass is 9.76. The zero-order valence-electron chi connectivity index (χ0n) is 22.0. The monoisotopic (exact) mass is 530 g/mol. The lowest BCUT2D eigenvalue weighted by Gasteiger charge is -2.54. The smallest absolute Gasteiger partial charge is 0.339 e. The van der Waals surface area contributed by atoms with E-state index in [0.717, 1.165) is 5.56 Å². The molecule has 3 aromatic rings. The van der Waals surface area contributed by atoms with E-state index in [0.29, 0.717) is 11.4 Å². The Labute approximate surface area is 226 Å². The summed E-state index contributed by atoms with van der Waals surface area (Å²) >= 11 is 0. The van der Waals surface area contributed by atoms with Gasteiger partial charge < -0.3 is 24.3 Å². The molecule has 2 saturated heterocycles. The van der Waals surface area contributed by atoms with Crippen molar-refractivity contribution in [2.24, 2.45) is 0 Å². The Bertz CT molecular complexity index is 1340. The molecule has 39 heavy (non-hydrogen) atoms. The van der Waals surface area contributed by atoms with Gasteiger partial charge in [-0.2, -0.15) is 0 Å². The molecule has 0 radical (unpaired) electrons. The minimum Gasteiger partial charge on any atom is -0.497 e. The first-order valence-corrected chi connectivity index (χ1v) is 12.7. The lowest BCUT2D eigenvalue weighted by Crippen LogP contribution is -2.83. The van der Waals surface area contributed by atoms with Crippen LogP contribution >= 0.6 is 0 Å². The maximum atomic E-state index is 14.0. The summed E-state index contributed by atoms with van der Waals surface area (Å²) in [7, 11) is 1.55. The van der Waals surface area contributed by atoms with E-state index in [4.69, 9.17) is 18.9 Å². The molecule has 0 aliphatic carbocycles. The molecule has 1 N–H and O–H groups in total. The molecule has 2 heterocycles. The van der Waals surface area contributed by atoms with Gasteiger partial charge in [0.25, 0.3) is 17.4 Å². The van der Waals surface area contributed by atoms with Crippen molar-refractivity contribution in [3.05, 3.63) is 96.1 Å². The topological polar surface area (TPSA) is 103 Å². The Balaban J connectivity index is 1.55. The highest BCUT2D eigenvalue weighted by Gasteiger charge is 2.73. The van der Waals surface area contributed by atoms with E-state index in [1.807, 2.05) is 30.3 Å². The second kappa shape index (κ2) is 10.5. The SMILES string of the molecule is COc1ccc(N2C(=O)[C@@](OC(=O)c3ccccc3)(C(=O)NCc3ccccc3)[C@@H]2[C@H]2COC(C)(C)O2)cc1. The van der Waals surface area contributed by atoms with Crippen LogP contribution in [-0.4, -0.2) is 55.0 Å². The number of hydrogen-bond donors (Lipinski definition) is 1. The molecule has 3 atom stereocenters. The van der Waals surface area contributed by atoms with E-state index < -0.39 is 41.3 Å². The Morgan fingerprint density at radius 3 is 2.21 bits per heavy atom. The van der Waals surface area contributed by atoms with E-state index in [9.17, 15) is 14.4 Å². The second-order valence-corrected chi connectivity index (χ2v) is 9.84. The van der Waals surface area contributed by atoms with E-state index in [2.05, 4.69) is 5.32 Å². The number of amides is 2. The number of hydrogen-bond acceptors (Lipinski definition) is 7. The summed E-state index contributed by atoms with van der Waals surface area (Å²) in [6, 6.07) is 23.3. The number of methoxy groups -OCH3 is 1. The average Bonchev–Trinajstić information content (AvgIpc) is 3.32. The van der Waals surface area contributed by atoms with Crippen molar-refractivity contribution < 1.29 is 33.3 Å². The van der Waals surface area contributed by atoms with Gasteiger partial charge in [0, 0.05) is 12.2 Å². The molecule has 0 bridgehead atoms. The molecule has 0 aromatic heterocycles. The van der Waals surface area contributed by atoms with E-state index in [-0.39, 0.29) is 18.7 Å². The average molecular weight is 531 g/mol. The van der Waals surface area contributed by atoms with Gasteiger partial charge in [0.05, 0.1) is 19.3 Å². The molecule has 3 aromatic carbocycles. The minimum absolute atomic E-state index is 0.0915. The number of carbonyl (C=O) groups is 3. The molecule has 9 nitrogen and oxygen atoms in total. The summed E-state index contributed by atoms with van der Waals surface area (Å²) in [5, 5.41) is 2.81. The van der Waals surface area contributed by atoms with Crippen LogP contribution in [0.3, 0.4) is 0 Å². The predicted molar refractivity (Wildman–Crippen MR) is 142 cm³/mol. The zero-order valence-corrected chi connectivity index (χ0v) is 22.0. The Morgan fingerprint density at radius 1 is 0.974 bits per heavy atom. The molecule has 9 heteroatoms. The van der Waals surface area contributed by atoms with Gasteiger partial charge in [-0.3, -0.25) is 14.5 Å². The summed E-state index contributed by atoms with van der Waals surface area (Å²) in [6.45, 7) is 3.73. The molecule has 2 fully saturated rings. The number of ether oxygens (including phenoxy) is 4. The van der Waals surface area contributed by atoms with Crippen LogP contribution in [0.2, 0.25) is 0 Å². The van der Waals surface area contributed by atoms with Crippen LogP contribution in [0.25, 0.3) is 0 Å². The fourth-order valence-electron chi connectivity index (χ4n) is 4.94. The highest BCUT2D eigenvalue weighted by molar-refractivity contribution is 6.23. The van der Waals surface area contributed by atoms with Crippen LogP contribution < -0.4 is 15.0 Å². The zero-order chi connectivity index (χ0) is 27.6. The van der Waals surface area contributed by atoms with Crippen LogP contribution in [-0.2, 0) is 30.3 Å². The van der Waals surface area contributed by atoms with Crippen LogP contribution in [0.15, 0.2) is 84.9 Å². The summed E-state index contributed by atoms with van der Waals surface area (Å²) in [4.78, 5) is 42.8. The third kappa shape index (κ3) is 4.98. The number of carbonyl (C=O) groups excluding carboxylic acids is 3. The summed E-state index contributed by atoms with van der Waals surface area (Å²) in [5.41, 5.74) is -0.643. The van der Waals surface area contributed by atoms with Gasteiger partial charge in [-0.25, -0.2) is 4.79 Å². The van der Waals surface area contributed by atoms with Gasteiger partial charge in [0.1, 0.15) is 17.9 Å². The summed E-state index contributed by atoms with van der Waals surface area (Å²) < 4.78 is 23.1. The Morgan fingerprint density at radius 2 is 1.62 bits per heavy atom. The van der Waals surface area contributed by atoms with Gasteiger partial charge in [0.2, 0.25) is 0 Å². The maximum absolute atomic E-state index is 14.0. The largest absolute Gasteiger partial charge is 0.497 e. The number of anilines is 1. The van der Waals surface area contributed by atoms with E-state index in [1.54, 1.807) is 75.6 Å². The molecule has 0 spiro atoms. The highest BCUT2D eigenvalue weighted by atomic mass is 16.7. The first kappa shape index (κ1) is 26.4. The van der Waals surface area contributed by atoms with Crippen LogP contribution in [0.4, 0.5) is 5.69 Å². The molecule has 2 aliphatic heterocycles. The number of rotatable bonds is 8. The van der Waals surface area contributed by atoms with Crippen molar-refractivity contribution in [3.8, 4) is 5.75 Å². The molecule has 0 saturated carbocycles. The first-order chi connectivity index (χ1) is 18.7. The van der Waals surface area contributed by atoms with Crippen molar-refractivity contribution in [3.63, 3.8) is 0 Å². The molecule has 2 aliphatic rings. The molecule has 5 rings (SSSR count). The maximum Gasteiger partial charge on any atom is 0.339 e. The Kier molecular flexibility index (Phi) is 7.12. The number of nitrogens with zero attached hydrogens (tertiary/aromatic N) is 1. The van der Waals surface area contributed by atoms with E-state index >= 15 is 0 Å². The molecule has 202 valence electrons. The number of esters is 1.